The molecule has 532 valence electrons. The average molecular weight is 1340 g/mol. The van der Waals surface area contributed by atoms with E-state index in [0.29, 0.717) is 50.8 Å². The number of benzene rings is 3. The Hall–Kier alpha value is -4.88. The van der Waals surface area contributed by atoms with Crippen molar-refractivity contribution in [2.75, 3.05) is 0 Å². The molecule has 3 heterocycles. The van der Waals surface area contributed by atoms with Crippen LogP contribution in [0.25, 0.3) is 43.9 Å². The van der Waals surface area contributed by atoms with Crippen molar-refractivity contribution in [3.63, 3.8) is 0 Å². The first-order chi connectivity index (χ1) is 47.0. The molecule has 3 aromatic carbocycles. The molecule has 99 heavy (non-hydrogen) atoms. The lowest BCUT2D eigenvalue weighted by Crippen LogP contribution is -2.54. The molecule has 0 aliphatic heterocycles. The van der Waals surface area contributed by atoms with Gasteiger partial charge in [0.15, 0.2) is 0 Å². The van der Waals surface area contributed by atoms with Crippen molar-refractivity contribution in [1.29, 1.82) is 0 Å². The van der Waals surface area contributed by atoms with Crippen molar-refractivity contribution in [1.82, 2.24) is 15.0 Å². The Morgan fingerprint density at radius 2 is 0.798 bits per heavy atom. The van der Waals surface area contributed by atoms with E-state index in [2.05, 4.69) is 234 Å². The first-order valence-electron chi connectivity index (χ1n) is 40.6. The summed E-state index contributed by atoms with van der Waals surface area (Å²) in [4.78, 5) is 10.1. The maximum absolute atomic E-state index is 6.47. The first kappa shape index (κ1) is 68.5. The summed E-state index contributed by atoms with van der Waals surface area (Å²) in [6, 6.07) is 27.9. The van der Waals surface area contributed by atoms with E-state index in [0.717, 1.165) is 77.9 Å². The van der Waals surface area contributed by atoms with Crippen LogP contribution < -0.4 is 0 Å². The Balaban J connectivity index is 0.000000116. The van der Waals surface area contributed by atoms with Gasteiger partial charge in [-0.05, 0) is 406 Å². The van der Waals surface area contributed by atoms with Gasteiger partial charge in [-0.15, -0.1) is 0 Å². The molecule has 6 aromatic rings. The van der Waals surface area contributed by atoms with Crippen molar-refractivity contribution in [3.05, 3.63) is 144 Å². The van der Waals surface area contributed by atoms with Gasteiger partial charge < -0.3 is 29.2 Å². The summed E-state index contributed by atoms with van der Waals surface area (Å²) in [5, 5.41) is 4.05. The van der Waals surface area contributed by atoms with Gasteiger partial charge in [0.2, 0.25) is 0 Å². The second-order valence-corrected chi connectivity index (χ2v) is 39.7. The number of H-pyrrole nitrogens is 3. The highest BCUT2D eigenvalue weighted by atomic mass is 16.5. The molecule has 0 saturated heterocycles. The fourth-order valence-electron chi connectivity index (χ4n) is 26.6. The van der Waals surface area contributed by atoms with E-state index in [1.165, 1.54) is 179 Å². The molecule has 6 nitrogen and oxygen atoms in total. The van der Waals surface area contributed by atoms with Crippen LogP contribution in [0.1, 0.15) is 274 Å². The SMILES string of the molecule is CC(C)(C)O[C@@H]1CC[C@@]2(C)C(=CC[C@@H]3[C@@H]2CC[C@]2(C)C(c4ccc5[nH]ccc5c4)=CC[C@@H]32)C1.CC(C)(C)O[C@@H]1CC[C@@]2(C)C(=CC[C@H]3[C@@H]4CC[C@H](c5ccc6[nH]ccc6c5)[C@@]4(C)CC[C@@H]32)C1.CC(C)(C)O[C@@H]1CC[C@@]2(C)[C@@H](CC[C@@H]3[C@@H]2CC[C@]2(C)C(c4ccc5[nH]ccc5c4)=CC[C@@H]32)C1. The van der Waals surface area contributed by atoms with Gasteiger partial charge in [0.05, 0.1) is 35.1 Å². The third-order valence-corrected chi connectivity index (χ3v) is 31.2. The normalized spacial score (nSPS) is 39.9. The third kappa shape index (κ3) is 12.1. The monoisotopic (exact) mass is 1330 g/mol. The van der Waals surface area contributed by atoms with E-state index in [9.17, 15) is 0 Å². The molecular weight excluding hydrogens is 1210 g/mol. The Bertz CT molecular complexity index is 4040. The van der Waals surface area contributed by atoms with Crippen LogP contribution in [0.3, 0.4) is 0 Å². The van der Waals surface area contributed by atoms with Crippen LogP contribution in [0.5, 0.6) is 0 Å². The van der Waals surface area contributed by atoms with Gasteiger partial charge >= 0.3 is 0 Å². The van der Waals surface area contributed by atoms with Crippen LogP contribution in [-0.4, -0.2) is 50.1 Å². The summed E-state index contributed by atoms with van der Waals surface area (Å²) < 4.78 is 19.3. The van der Waals surface area contributed by atoms with Gasteiger partial charge in [0.25, 0.3) is 0 Å². The molecule has 3 N–H and O–H groups in total. The van der Waals surface area contributed by atoms with E-state index in [1.807, 2.05) is 0 Å². The summed E-state index contributed by atoms with van der Waals surface area (Å²) >= 11 is 0. The molecule has 18 rings (SSSR count). The maximum atomic E-state index is 6.47. The maximum Gasteiger partial charge on any atom is 0.0619 e. The molecule has 8 fully saturated rings. The number of hydrogen-bond acceptors (Lipinski definition) is 3. The molecule has 12 aliphatic carbocycles. The number of hydrogen-bond donors (Lipinski definition) is 3. The molecule has 0 spiro atoms. The zero-order chi connectivity index (χ0) is 69.0. The van der Waals surface area contributed by atoms with Crippen molar-refractivity contribution in [2.24, 2.45) is 91.7 Å². The van der Waals surface area contributed by atoms with Gasteiger partial charge in [-0.2, -0.15) is 0 Å². The van der Waals surface area contributed by atoms with Crippen LogP contribution in [0.2, 0.25) is 0 Å². The van der Waals surface area contributed by atoms with E-state index < -0.39 is 0 Å². The van der Waals surface area contributed by atoms with Gasteiger partial charge in [0, 0.05) is 35.1 Å². The number of aromatic nitrogens is 3. The Morgan fingerprint density at radius 3 is 1.33 bits per heavy atom. The summed E-state index contributed by atoms with van der Waals surface area (Å²) in [5.74, 6) is 9.27. The lowest BCUT2D eigenvalue weighted by molar-refractivity contribution is -0.148. The zero-order valence-electron chi connectivity index (χ0n) is 64.0. The highest BCUT2D eigenvalue weighted by molar-refractivity contribution is 5.87. The fourth-order valence-corrected chi connectivity index (χ4v) is 26.6. The number of nitrogens with one attached hydrogen (secondary N) is 3. The smallest absolute Gasteiger partial charge is 0.0619 e. The van der Waals surface area contributed by atoms with E-state index >= 15 is 0 Å². The Morgan fingerprint density at radius 1 is 0.364 bits per heavy atom. The molecule has 0 radical (unpaired) electrons. The minimum atomic E-state index is -0.0435. The molecule has 0 unspecified atom stereocenters. The van der Waals surface area contributed by atoms with E-state index in [1.54, 1.807) is 27.9 Å². The van der Waals surface area contributed by atoms with Crippen molar-refractivity contribution < 1.29 is 14.2 Å². The second-order valence-electron chi connectivity index (χ2n) is 39.7. The van der Waals surface area contributed by atoms with Crippen molar-refractivity contribution in [3.8, 4) is 0 Å². The highest BCUT2D eigenvalue weighted by Gasteiger charge is 2.62. The second kappa shape index (κ2) is 24.9. The Labute approximate surface area is 597 Å². The molecule has 0 amide bonds. The summed E-state index contributed by atoms with van der Waals surface area (Å²) in [6.45, 7) is 35.6. The van der Waals surface area contributed by atoms with Crippen LogP contribution in [0.15, 0.2) is 127 Å². The molecule has 0 bridgehead atoms. The van der Waals surface area contributed by atoms with Crippen LogP contribution >= 0.6 is 0 Å². The summed E-state index contributed by atoms with van der Waals surface area (Å²) in [5.41, 5.74) is 17.3. The minimum Gasteiger partial charge on any atom is -0.373 e. The predicted octanol–water partition coefficient (Wildman–Crippen LogP) is 25.1. The number of fused-ring (bicyclic) bond motifs is 18. The lowest BCUT2D eigenvalue weighted by atomic mass is 9.44. The van der Waals surface area contributed by atoms with Gasteiger partial charge in [-0.3, -0.25) is 0 Å². The summed E-state index contributed by atoms with van der Waals surface area (Å²) in [6.07, 6.45) is 48.4. The standard InChI is InChI=1S/2C31H43NO.C31H41NO/c3*1-29(2,3)33-23-12-15-30(4)22(19-23)7-8-24-26-10-9-25(31(26,5)16-13-27(24)30)20-6-11-28-21(18-20)14-17-32-28/h6,9,11,14,17-18,22-24,26-27,32H,7-8,10,12-13,15-16,19H2,1-5H3;6-7,11,14,17-18,23-27,32H,8-10,12-13,15-16,19H2,1-5H3;6-7,9,11,14,17-18,23-24,26-27,32H,8,10,12-13,15-16,19H2,1-5H3/t22-,23+,24-,26-,27-,30-,31+;23-,24+,25-,26+,27+,30+,31-;23-,24+,26+,27+,30+,31-/m011/s1. The lowest BCUT2D eigenvalue weighted by Gasteiger charge is -2.61. The van der Waals surface area contributed by atoms with Gasteiger partial charge in [-0.25, -0.2) is 0 Å². The fraction of sp³-hybridized carbons (Fsp3) is 0.656. The quantitative estimate of drug-likeness (QED) is 0.146. The topological polar surface area (TPSA) is 75.1 Å². The molecular formula is C93H127N3O3. The first-order valence-corrected chi connectivity index (χ1v) is 40.6. The number of ether oxygens (including phenoxy) is 3. The highest BCUT2D eigenvalue weighted by Crippen LogP contribution is 2.71. The average Bonchev–Trinajstić information content (AvgIpc) is 1.59. The van der Waals surface area contributed by atoms with E-state index in [4.69, 9.17) is 14.2 Å². The van der Waals surface area contributed by atoms with Crippen LogP contribution in [0, 0.1) is 91.7 Å². The Kier molecular flexibility index (Phi) is 17.2. The van der Waals surface area contributed by atoms with Crippen LogP contribution in [0.4, 0.5) is 0 Å². The summed E-state index contributed by atoms with van der Waals surface area (Å²) in [7, 11) is 0. The number of allylic oxidation sites excluding steroid dienone is 6. The molecule has 12 aliphatic rings. The number of aromatic amines is 3. The molecule has 3 aromatic heterocycles. The third-order valence-electron chi connectivity index (χ3n) is 31.2. The van der Waals surface area contributed by atoms with Crippen molar-refractivity contribution in [2.45, 2.75) is 293 Å². The van der Waals surface area contributed by atoms with Crippen molar-refractivity contribution >= 4 is 43.9 Å². The largest absolute Gasteiger partial charge is 0.373 e. The van der Waals surface area contributed by atoms with Gasteiger partial charge in [0.1, 0.15) is 0 Å². The van der Waals surface area contributed by atoms with E-state index in [-0.39, 0.29) is 16.8 Å². The van der Waals surface area contributed by atoms with Gasteiger partial charge in [-0.1, -0.05) is 95.2 Å². The molecule has 20 atom stereocenters. The molecule has 6 heteroatoms. The van der Waals surface area contributed by atoms with Crippen LogP contribution in [-0.2, 0) is 14.2 Å². The molecule has 8 saturated carbocycles. The predicted molar refractivity (Wildman–Crippen MR) is 413 cm³/mol. The minimum absolute atomic E-state index is 0.0163. The number of rotatable bonds is 6. The zero-order valence-corrected chi connectivity index (χ0v) is 64.0.